The summed E-state index contributed by atoms with van der Waals surface area (Å²) in [6.45, 7) is 9.28. The third-order valence-electron chi connectivity index (χ3n) is 4.80. The molecule has 2 rings (SSSR count). The van der Waals surface area contributed by atoms with Crippen molar-refractivity contribution in [1.82, 2.24) is 4.90 Å². The third-order valence-corrected chi connectivity index (χ3v) is 7.55. The Balaban J connectivity index is 1.98. The molecule has 4 nitrogen and oxygen atoms in total. The van der Waals surface area contributed by atoms with Crippen LogP contribution in [0.4, 0.5) is 0 Å². The second-order valence-electron chi connectivity index (χ2n) is 8.06. The smallest absolute Gasteiger partial charge is 0.233 e. The van der Waals surface area contributed by atoms with Gasteiger partial charge in [-0.15, -0.1) is 11.8 Å². The number of thioether (sulfide) groups is 1. The standard InChI is InChI=1S/C20H31NO3S2/c1-5-6-12-21(17-11-13-26(23,24)15-17)19(22)14-25-18-9-7-16(8-10-18)20(2,3)4/h7-10,17H,5-6,11-15H2,1-4H3. The lowest BCUT2D eigenvalue weighted by atomic mass is 9.87. The van der Waals surface area contributed by atoms with Gasteiger partial charge in [0.1, 0.15) is 0 Å². The fourth-order valence-corrected chi connectivity index (χ4v) is 5.65. The monoisotopic (exact) mass is 397 g/mol. The second kappa shape index (κ2) is 8.79. The molecule has 26 heavy (non-hydrogen) atoms. The average molecular weight is 398 g/mol. The lowest BCUT2D eigenvalue weighted by Crippen LogP contribution is -2.42. The highest BCUT2D eigenvalue weighted by Gasteiger charge is 2.34. The van der Waals surface area contributed by atoms with Crippen LogP contribution >= 0.6 is 11.8 Å². The molecule has 0 aliphatic carbocycles. The van der Waals surface area contributed by atoms with Crippen LogP contribution in [0.15, 0.2) is 29.2 Å². The van der Waals surface area contributed by atoms with Crippen molar-refractivity contribution >= 4 is 27.5 Å². The molecule has 1 amide bonds. The molecule has 1 unspecified atom stereocenters. The van der Waals surface area contributed by atoms with Gasteiger partial charge in [0.05, 0.1) is 17.3 Å². The van der Waals surface area contributed by atoms with Crippen LogP contribution < -0.4 is 0 Å². The van der Waals surface area contributed by atoms with E-state index < -0.39 is 9.84 Å². The molecule has 1 heterocycles. The van der Waals surface area contributed by atoms with Gasteiger partial charge >= 0.3 is 0 Å². The van der Waals surface area contributed by atoms with Crippen LogP contribution in [0.2, 0.25) is 0 Å². The van der Waals surface area contributed by atoms with Gasteiger partial charge < -0.3 is 4.90 Å². The molecule has 0 radical (unpaired) electrons. The average Bonchev–Trinajstić information content (AvgIpc) is 2.92. The molecule has 1 saturated heterocycles. The molecular formula is C20H31NO3S2. The number of rotatable bonds is 7. The number of benzene rings is 1. The number of carbonyl (C=O) groups is 1. The van der Waals surface area contributed by atoms with Gasteiger partial charge in [0.15, 0.2) is 9.84 Å². The Morgan fingerprint density at radius 1 is 1.23 bits per heavy atom. The zero-order valence-electron chi connectivity index (χ0n) is 16.3. The number of hydrogen-bond donors (Lipinski definition) is 0. The molecule has 1 atom stereocenters. The number of unbranched alkanes of at least 4 members (excludes halogenated alkanes) is 1. The van der Waals surface area contributed by atoms with Crippen molar-refractivity contribution in [2.24, 2.45) is 0 Å². The third kappa shape index (κ3) is 6.02. The number of carbonyl (C=O) groups excluding carboxylic acids is 1. The number of hydrogen-bond acceptors (Lipinski definition) is 4. The highest BCUT2D eigenvalue weighted by Crippen LogP contribution is 2.26. The van der Waals surface area contributed by atoms with Crippen LogP contribution in [-0.4, -0.2) is 49.1 Å². The minimum atomic E-state index is -2.99. The van der Waals surface area contributed by atoms with Gasteiger partial charge in [-0.05, 0) is 36.0 Å². The molecule has 1 aromatic carbocycles. The summed E-state index contributed by atoms with van der Waals surface area (Å²) in [6, 6.07) is 8.21. The normalized spacial score (nSPS) is 19.5. The van der Waals surface area contributed by atoms with E-state index in [-0.39, 0.29) is 28.9 Å². The lowest BCUT2D eigenvalue weighted by Gasteiger charge is -2.28. The van der Waals surface area contributed by atoms with E-state index in [0.29, 0.717) is 18.7 Å². The minimum Gasteiger partial charge on any atom is -0.338 e. The lowest BCUT2D eigenvalue weighted by molar-refractivity contribution is -0.130. The summed E-state index contributed by atoms with van der Waals surface area (Å²) in [5.41, 5.74) is 1.39. The molecule has 6 heteroatoms. The van der Waals surface area contributed by atoms with E-state index in [4.69, 9.17) is 0 Å². The van der Waals surface area contributed by atoms with E-state index >= 15 is 0 Å². The molecule has 0 N–H and O–H groups in total. The Labute approximate surface area is 162 Å². The van der Waals surface area contributed by atoms with E-state index in [0.717, 1.165) is 17.7 Å². The predicted octanol–water partition coefficient (Wildman–Crippen LogP) is 3.89. The zero-order valence-corrected chi connectivity index (χ0v) is 18.0. The minimum absolute atomic E-state index is 0.0467. The fourth-order valence-electron chi connectivity index (χ4n) is 3.14. The van der Waals surface area contributed by atoms with Gasteiger partial charge in [0.25, 0.3) is 0 Å². The summed E-state index contributed by atoms with van der Waals surface area (Å²) in [7, 11) is -2.99. The molecule has 0 bridgehead atoms. The number of sulfone groups is 1. The van der Waals surface area contributed by atoms with Crippen LogP contribution in [0, 0.1) is 0 Å². The highest BCUT2D eigenvalue weighted by atomic mass is 32.2. The first-order chi connectivity index (χ1) is 12.1. The molecule has 0 spiro atoms. The summed E-state index contributed by atoms with van der Waals surface area (Å²) >= 11 is 1.53. The van der Waals surface area contributed by atoms with Gasteiger partial charge in [-0.2, -0.15) is 0 Å². The molecule has 1 fully saturated rings. The van der Waals surface area contributed by atoms with Crippen LogP contribution in [0.25, 0.3) is 0 Å². The summed E-state index contributed by atoms with van der Waals surface area (Å²) in [6.07, 6.45) is 2.47. The molecular weight excluding hydrogens is 366 g/mol. The largest absolute Gasteiger partial charge is 0.338 e. The van der Waals surface area contributed by atoms with E-state index in [9.17, 15) is 13.2 Å². The van der Waals surface area contributed by atoms with Gasteiger partial charge in [0, 0.05) is 17.5 Å². The van der Waals surface area contributed by atoms with E-state index in [1.54, 1.807) is 0 Å². The van der Waals surface area contributed by atoms with E-state index in [1.807, 2.05) is 4.90 Å². The maximum Gasteiger partial charge on any atom is 0.233 e. The molecule has 1 aliphatic heterocycles. The SMILES string of the molecule is CCCCN(C(=O)CSc1ccc(C(C)(C)C)cc1)C1CCS(=O)(=O)C1. The second-order valence-corrected chi connectivity index (χ2v) is 11.3. The summed E-state index contributed by atoms with van der Waals surface area (Å²) < 4.78 is 23.6. The quantitative estimate of drug-likeness (QED) is 0.655. The first kappa shape index (κ1) is 21.3. The predicted molar refractivity (Wildman–Crippen MR) is 110 cm³/mol. The summed E-state index contributed by atoms with van der Waals surface area (Å²) in [4.78, 5) is 15.6. The van der Waals surface area contributed by atoms with E-state index in [2.05, 4.69) is 52.0 Å². The van der Waals surface area contributed by atoms with Crippen molar-refractivity contribution in [3.05, 3.63) is 29.8 Å². The zero-order chi connectivity index (χ0) is 19.4. The van der Waals surface area contributed by atoms with Crippen molar-refractivity contribution in [2.45, 2.75) is 63.3 Å². The van der Waals surface area contributed by atoms with Crippen molar-refractivity contribution < 1.29 is 13.2 Å². The molecule has 146 valence electrons. The molecule has 1 aromatic rings. The first-order valence-electron chi connectivity index (χ1n) is 9.35. The Kier molecular flexibility index (Phi) is 7.19. The van der Waals surface area contributed by atoms with Crippen molar-refractivity contribution in [3.8, 4) is 0 Å². The first-order valence-corrected chi connectivity index (χ1v) is 12.2. The van der Waals surface area contributed by atoms with Crippen LogP contribution in [-0.2, 0) is 20.0 Å². The topological polar surface area (TPSA) is 54.5 Å². The van der Waals surface area contributed by atoms with Crippen LogP contribution in [0.3, 0.4) is 0 Å². The summed E-state index contributed by atoms with van der Waals surface area (Å²) in [5, 5.41) is 0. The number of amides is 1. The van der Waals surface area contributed by atoms with Crippen molar-refractivity contribution in [1.29, 1.82) is 0 Å². The molecule has 0 aromatic heterocycles. The maximum atomic E-state index is 12.8. The van der Waals surface area contributed by atoms with Gasteiger partial charge in [-0.3, -0.25) is 4.79 Å². The van der Waals surface area contributed by atoms with Gasteiger partial charge in [-0.1, -0.05) is 46.2 Å². The highest BCUT2D eigenvalue weighted by molar-refractivity contribution is 8.00. The molecule has 0 saturated carbocycles. The van der Waals surface area contributed by atoms with Crippen LogP contribution in [0.5, 0.6) is 0 Å². The Morgan fingerprint density at radius 3 is 2.38 bits per heavy atom. The van der Waals surface area contributed by atoms with Gasteiger partial charge in [0.2, 0.25) is 5.91 Å². The fraction of sp³-hybridized carbons (Fsp3) is 0.650. The van der Waals surface area contributed by atoms with Crippen molar-refractivity contribution in [3.63, 3.8) is 0 Å². The van der Waals surface area contributed by atoms with E-state index in [1.165, 1.54) is 17.3 Å². The number of nitrogens with zero attached hydrogens (tertiary/aromatic N) is 1. The molecule has 1 aliphatic rings. The van der Waals surface area contributed by atoms with Gasteiger partial charge in [-0.25, -0.2) is 8.42 Å². The van der Waals surface area contributed by atoms with Crippen LogP contribution in [0.1, 0.15) is 52.5 Å². The maximum absolute atomic E-state index is 12.8. The van der Waals surface area contributed by atoms with Crippen molar-refractivity contribution in [2.75, 3.05) is 23.8 Å². The Morgan fingerprint density at radius 2 is 1.88 bits per heavy atom. The Hall–Kier alpha value is -1.01. The Bertz CT molecular complexity index is 706. The summed E-state index contributed by atoms with van der Waals surface area (Å²) in [5.74, 6) is 0.725.